The predicted octanol–water partition coefficient (Wildman–Crippen LogP) is -0.276. The van der Waals surface area contributed by atoms with Gasteiger partial charge in [-0.25, -0.2) is 0 Å². The van der Waals surface area contributed by atoms with Crippen LogP contribution in [0.4, 0.5) is 0 Å². The summed E-state index contributed by atoms with van der Waals surface area (Å²) in [6.07, 6.45) is 2.68. The maximum atomic E-state index is 10.0. The molecule has 2 N–H and O–H groups in total. The molecule has 0 rings (SSSR count). The summed E-state index contributed by atoms with van der Waals surface area (Å²) in [6, 6.07) is 0. The van der Waals surface area contributed by atoms with Crippen molar-refractivity contribution in [2.24, 2.45) is 5.73 Å². The minimum absolute atomic E-state index is 0.637. The third kappa shape index (κ3) is 3.97. The molecule has 0 saturated carbocycles. The van der Waals surface area contributed by atoms with Gasteiger partial charge in [-0.3, -0.25) is 4.79 Å². The van der Waals surface area contributed by atoms with Crippen LogP contribution in [0.25, 0.3) is 0 Å². The van der Waals surface area contributed by atoms with E-state index in [-0.39, 0.29) is 0 Å². The standard InChI is InChI=1S/C6H13N2O/c1-2-8(6-9)5-3-4-7/h2-5,7H2,1H3. The number of amides is 1. The molecule has 0 spiro atoms. The Kier molecular flexibility index (Phi) is 5.21. The fourth-order valence-corrected chi connectivity index (χ4v) is 0.550. The van der Waals surface area contributed by atoms with E-state index in [1.807, 2.05) is 13.3 Å². The highest BCUT2D eigenvalue weighted by Gasteiger charge is 1.95. The van der Waals surface area contributed by atoms with Crippen LogP contribution in [0.15, 0.2) is 0 Å². The normalized spacial score (nSPS) is 9.11. The van der Waals surface area contributed by atoms with Gasteiger partial charge in [-0.15, -0.1) is 0 Å². The molecular weight excluding hydrogens is 116 g/mol. The number of hydrogen-bond acceptors (Lipinski definition) is 2. The van der Waals surface area contributed by atoms with Gasteiger partial charge in [-0.05, 0) is 19.9 Å². The van der Waals surface area contributed by atoms with Crippen LogP contribution < -0.4 is 5.73 Å². The topological polar surface area (TPSA) is 46.3 Å². The van der Waals surface area contributed by atoms with E-state index in [1.165, 1.54) is 0 Å². The molecule has 3 nitrogen and oxygen atoms in total. The van der Waals surface area contributed by atoms with Crippen molar-refractivity contribution in [1.29, 1.82) is 0 Å². The molecule has 1 radical (unpaired) electrons. The Bertz CT molecular complexity index is 75.5. The first-order valence-corrected chi connectivity index (χ1v) is 3.18. The zero-order valence-corrected chi connectivity index (χ0v) is 5.76. The van der Waals surface area contributed by atoms with Gasteiger partial charge >= 0.3 is 6.41 Å². The second kappa shape index (κ2) is 5.56. The van der Waals surface area contributed by atoms with Crippen molar-refractivity contribution in [2.45, 2.75) is 13.3 Å². The van der Waals surface area contributed by atoms with Crippen LogP contribution in [-0.2, 0) is 4.79 Å². The first kappa shape index (κ1) is 8.43. The number of carbonyl (C=O) groups excluding carboxylic acids is 1. The molecule has 0 saturated heterocycles. The van der Waals surface area contributed by atoms with Gasteiger partial charge in [0, 0.05) is 13.1 Å². The van der Waals surface area contributed by atoms with Crippen LogP contribution in [-0.4, -0.2) is 30.9 Å². The maximum Gasteiger partial charge on any atom is 0.312 e. The van der Waals surface area contributed by atoms with Crippen LogP contribution in [0.2, 0.25) is 0 Å². The molecule has 53 valence electrons. The molecule has 0 unspecified atom stereocenters. The lowest BCUT2D eigenvalue weighted by Gasteiger charge is -2.11. The van der Waals surface area contributed by atoms with Crippen LogP contribution in [0.1, 0.15) is 13.3 Å². The van der Waals surface area contributed by atoms with Gasteiger partial charge < -0.3 is 10.6 Å². The van der Waals surface area contributed by atoms with E-state index in [0.717, 1.165) is 19.5 Å². The van der Waals surface area contributed by atoms with E-state index < -0.39 is 0 Å². The molecule has 0 aliphatic carbocycles. The highest BCUT2D eigenvalue weighted by Crippen LogP contribution is 1.83. The Balaban J connectivity index is 3.20. The molecule has 0 aromatic rings. The average Bonchev–Trinajstić information content (AvgIpc) is 1.91. The molecule has 0 atom stereocenters. The van der Waals surface area contributed by atoms with E-state index in [1.54, 1.807) is 4.90 Å². The summed E-state index contributed by atoms with van der Waals surface area (Å²) >= 11 is 0. The van der Waals surface area contributed by atoms with Crippen LogP contribution in [0, 0.1) is 0 Å². The highest BCUT2D eigenvalue weighted by atomic mass is 16.1. The van der Waals surface area contributed by atoms with Crippen molar-refractivity contribution in [3.8, 4) is 0 Å². The van der Waals surface area contributed by atoms with Crippen LogP contribution in [0.3, 0.4) is 0 Å². The Labute approximate surface area is 55.8 Å². The minimum Gasteiger partial charge on any atom is -0.335 e. The fraction of sp³-hybridized carbons (Fsp3) is 0.833. The van der Waals surface area contributed by atoms with Crippen molar-refractivity contribution in [3.63, 3.8) is 0 Å². The number of nitrogens with zero attached hydrogens (tertiary/aromatic N) is 1. The molecule has 0 fully saturated rings. The highest BCUT2D eigenvalue weighted by molar-refractivity contribution is 5.47. The van der Waals surface area contributed by atoms with Gasteiger partial charge in [0.1, 0.15) is 0 Å². The quantitative estimate of drug-likeness (QED) is 0.519. The SMILES string of the molecule is CCN([C]=O)CCCN. The van der Waals surface area contributed by atoms with E-state index >= 15 is 0 Å². The molecule has 3 heteroatoms. The van der Waals surface area contributed by atoms with E-state index in [4.69, 9.17) is 5.73 Å². The van der Waals surface area contributed by atoms with Gasteiger partial charge in [0.15, 0.2) is 0 Å². The first-order valence-electron chi connectivity index (χ1n) is 3.18. The maximum absolute atomic E-state index is 10.0. The van der Waals surface area contributed by atoms with Crippen molar-refractivity contribution in [2.75, 3.05) is 19.6 Å². The van der Waals surface area contributed by atoms with E-state index in [0.29, 0.717) is 6.54 Å². The molecule has 0 bridgehead atoms. The second-order valence-corrected chi connectivity index (χ2v) is 1.81. The fourth-order valence-electron chi connectivity index (χ4n) is 0.550. The molecule has 0 aliphatic heterocycles. The number of nitrogens with two attached hydrogens (primary N) is 1. The summed E-state index contributed by atoms with van der Waals surface area (Å²) in [5.74, 6) is 0. The summed E-state index contributed by atoms with van der Waals surface area (Å²) in [5.41, 5.74) is 5.23. The Morgan fingerprint density at radius 3 is 2.67 bits per heavy atom. The van der Waals surface area contributed by atoms with Crippen LogP contribution in [0.5, 0.6) is 0 Å². The van der Waals surface area contributed by atoms with Gasteiger partial charge in [-0.1, -0.05) is 0 Å². The second-order valence-electron chi connectivity index (χ2n) is 1.81. The smallest absolute Gasteiger partial charge is 0.312 e. The van der Waals surface area contributed by atoms with Crippen LogP contribution >= 0.6 is 0 Å². The summed E-state index contributed by atoms with van der Waals surface area (Å²) < 4.78 is 0. The largest absolute Gasteiger partial charge is 0.335 e. The molecule has 9 heavy (non-hydrogen) atoms. The van der Waals surface area contributed by atoms with Crippen molar-refractivity contribution in [3.05, 3.63) is 0 Å². The molecule has 0 aromatic heterocycles. The lowest BCUT2D eigenvalue weighted by atomic mass is 10.4. The zero-order chi connectivity index (χ0) is 7.11. The van der Waals surface area contributed by atoms with Gasteiger partial charge in [0.25, 0.3) is 0 Å². The van der Waals surface area contributed by atoms with Crippen molar-refractivity contribution in [1.82, 2.24) is 4.90 Å². The third-order valence-corrected chi connectivity index (χ3v) is 1.14. The van der Waals surface area contributed by atoms with Gasteiger partial charge in [0.05, 0.1) is 0 Å². The Morgan fingerprint density at radius 2 is 2.33 bits per heavy atom. The minimum atomic E-state index is 0.637. The Morgan fingerprint density at radius 1 is 1.67 bits per heavy atom. The number of rotatable bonds is 5. The van der Waals surface area contributed by atoms with Gasteiger partial charge in [0.2, 0.25) is 0 Å². The predicted molar refractivity (Wildman–Crippen MR) is 36.6 cm³/mol. The van der Waals surface area contributed by atoms with E-state index in [9.17, 15) is 4.79 Å². The zero-order valence-electron chi connectivity index (χ0n) is 5.76. The summed E-state index contributed by atoms with van der Waals surface area (Å²) in [6.45, 7) is 4.01. The van der Waals surface area contributed by atoms with Crippen molar-refractivity contribution < 1.29 is 4.79 Å². The number of hydrogen-bond donors (Lipinski definition) is 1. The van der Waals surface area contributed by atoms with Gasteiger partial charge in [-0.2, -0.15) is 0 Å². The summed E-state index contributed by atoms with van der Waals surface area (Å²) in [4.78, 5) is 11.6. The third-order valence-electron chi connectivity index (χ3n) is 1.14. The molecule has 0 aromatic carbocycles. The lowest BCUT2D eigenvalue weighted by molar-refractivity contribution is 0.390. The summed E-state index contributed by atoms with van der Waals surface area (Å²) in [7, 11) is 0. The molecule has 0 heterocycles. The van der Waals surface area contributed by atoms with Crippen molar-refractivity contribution >= 4 is 6.41 Å². The first-order chi connectivity index (χ1) is 4.35. The molecular formula is C6H13N2O. The summed E-state index contributed by atoms with van der Waals surface area (Å²) in [5, 5.41) is 0. The molecule has 1 amide bonds. The van der Waals surface area contributed by atoms with E-state index in [2.05, 4.69) is 0 Å². The molecule has 0 aliphatic rings. The Hall–Kier alpha value is -0.570. The monoisotopic (exact) mass is 129 g/mol. The lowest BCUT2D eigenvalue weighted by Crippen LogP contribution is -2.24. The average molecular weight is 129 g/mol.